The second-order valence-electron chi connectivity index (χ2n) is 11.2. The molecule has 0 aliphatic heterocycles. The molecule has 1 fully saturated rings. The summed E-state index contributed by atoms with van der Waals surface area (Å²) in [5, 5.41) is 11.8. The summed E-state index contributed by atoms with van der Waals surface area (Å²) in [5.41, 5.74) is 2.82. The fraction of sp³-hybridized carbons (Fsp3) is 0.690. The van der Waals surface area contributed by atoms with Crippen LogP contribution in [-0.2, 0) is 14.3 Å². The van der Waals surface area contributed by atoms with E-state index in [0.29, 0.717) is 25.7 Å². The number of allylic oxidation sites excluding steroid dienone is 1. The van der Waals surface area contributed by atoms with Crippen molar-refractivity contribution in [3.63, 3.8) is 0 Å². The van der Waals surface area contributed by atoms with E-state index in [1.165, 1.54) is 23.1 Å². The Kier molecular flexibility index (Phi) is 9.55. The van der Waals surface area contributed by atoms with E-state index < -0.39 is 11.0 Å². The molecule has 1 aromatic rings. The van der Waals surface area contributed by atoms with Gasteiger partial charge >= 0.3 is 0 Å². The molecule has 196 valence electrons. The summed E-state index contributed by atoms with van der Waals surface area (Å²) in [6.07, 6.45) is 4.80. The zero-order chi connectivity index (χ0) is 25.6. The molecule has 1 aromatic carbocycles. The Morgan fingerprint density at radius 2 is 1.74 bits per heavy atom. The van der Waals surface area contributed by atoms with Gasteiger partial charge in [-0.15, -0.1) is 0 Å². The van der Waals surface area contributed by atoms with Crippen molar-refractivity contribution in [1.29, 1.82) is 0 Å². The van der Waals surface area contributed by atoms with Crippen LogP contribution in [-0.4, -0.2) is 87.6 Å². The smallest absolute Gasteiger partial charge is 0.232 e. The van der Waals surface area contributed by atoms with Crippen LogP contribution in [0.3, 0.4) is 0 Å². The van der Waals surface area contributed by atoms with Gasteiger partial charge in [-0.2, -0.15) is 0 Å². The van der Waals surface area contributed by atoms with Gasteiger partial charge in [0.1, 0.15) is 0 Å². The van der Waals surface area contributed by atoms with Crippen LogP contribution in [0, 0.1) is 17.3 Å². The van der Waals surface area contributed by atoms with Crippen LogP contribution < -0.4 is 0 Å². The van der Waals surface area contributed by atoms with E-state index in [1.54, 1.807) is 19.1 Å². The first-order valence-electron chi connectivity index (χ1n) is 13.1. The molecule has 35 heavy (non-hydrogen) atoms. The number of fused-ring (bicyclic) bond motifs is 2. The Labute approximate surface area is 212 Å². The highest BCUT2D eigenvalue weighted by molar-refractivity contribution is 5.82. The highest BCUT2D eigenvalue weighted by Crippen LogP contribution is 2.54. The van der Waals surface area contributed by atoms with Crippen LogP contribution in [0.2, 0.25) is 0 Å². The van der Waals surface area contributed by atoms with Crippen molar-refractivity contribution in [2.24, 2.45) is 17.3 Å². The lowest BCUT2D eigenvalue weighted by atomic mass is 9.57. The summed E-state index contributed by atoms with van der Waals surface area (Å²) in [6.45, 7) is 7.25. The first-order chi connectivity index (χ1) is 16.6. The monoisotopic (exact) mass is 486 g/mol. The van der Waals surface area contributed by atoms with Gasteiger partial charge < -0.3 is 24.4 Å². The maximum Gasteiger partial charge on any atom is 0.232 e. The highest BCUT2D eigenvalue weighted by Gasteiger charge is 2.49. The predicted octanol–water partition coefficient (Wildman–Crippen LogP) is 4.09. The largest absolute Gasteiger partial charge is 0.389 e. The molecule has 1 N–H and O–H groups in total. The van der Waals surface area contributed by atoms with Gasteiger partial charge in [-0.3, -0.25) is 4.79 Å². The average Bonchev–Trinajstić information content (AvgIpc) is 2.84. The van der Waals surface area contributed by atoms with Crippen molar-refractivity contribution in [3.8, 4) is 0 Å². The summed E-state index contributed by atoms with van der Waals surface area (Å²) in [4.78, 5) is 17.0. The number of hydrogen-bond acceptors (Lipinski definition) is 5. The van der Waals surface area contributed by atoms with Crippen molar-refractivity contribution in [1.82, 2.24) is 9.80 Å². The zero-order valence-corrected chi connectivity index (χ0v) is 22.7. The second kappa shape index (κ2) is 12.0. The Morgan fingerprint density at radius 3 is 2.37 bits per heavy atom. The van der Waals surface area contributed by atoms with Gasteiger partial charge in [-0.25, -0.2) is 0 Å². The fourth-order valence-corrected chi connectivity index (χ4v) is 6.35. The number of methoxy groups -OCH3 is 2. The van der Waals surface area contributed by atoms with Crippen LogP contribution in [0.15, 0.2) is 35.9 Å². The number of aliphatic hydroxyl groups is 1. The minimum absolute atomic E-state index is 0.0481. The van der Waals surface area contributed by atoms with E-state index in [2.05, 4.69) is 49.2 Å². The molecule has 1 saturated carbocycles. The molecule has 0 unspecified atom stereocenters. The second-order valence-corrected chi connectivity index (χ2v) is 11.2. The van der Waals surface area contributed by atoms with Crippen molar-refractivity contribution >= 4 is 11.5 Å². The summed E-state index contributed by atoms with van der Waals surface area (Å²) in [5.74, 6) is 0.747. The fourth-order valence-electron chi connectivity index (χ4n) is 6.35. The minimum Gasteiger partial charge on any atom is -0.389 e. The lowest BCUT2D eigenvalue weighted by Crippen LogP contribution is -2.49. The van der Waals surface area contributed by atoms with Gasteiger partial charge in [-0.05, 0) is 76.6 Å². The molecular weight excluding hydrogens is 440 g/mol. The molecule has 3 atom stereocenters. The Bertz CT molecular complexity index is 865. The van der Waals surface area contributed by atoms with Crippen LogP contribution in [0.1, 0.15) is 51.5 Å². The standard InChI is InChI=1S/C29H46N2O4/c1-22-24-13-14-25(26(22)23-11-8-7-9-12-23)29(33,19-24)15-18-30(3)16-10-17-31(4)27(32)28(2,20-34-5)21-35-6/h7-9,11-12,24-25,33H,10,13-21H2,1-6H3/t24-,25-,29-/m0/s1. The SMILES string of the molecule is COCC(C)(COC)C(=O)N(C)CCCN(C)CC[C@]1(O)C[C@@H]2CC[C@H]1C(c1ccccc1)=C2C. The molecule has 0 aromatic heterocycles. The Hall–Kier alpha value is -1.73. The predicted molar refractivity (Wildman–Crippen MR) is 141 cm³/mol. The molecule has 6 heteroatoms. The summed E-state index contributed by atoms with van der Waals surface area (Å²) in [7, 11) is 7.20. The quantitative estimate of drug-likeness (QED) is 0.455. The van der Waals surface area contributed by atoms with E-state index >= 15 is 0 Å². The van der Waals surface area contributed by atoms with Crippen molar-refractivity contribution in [2.75, 3.05) is 61.2 Å². The molecule has 2 bridgehead atoms. The zero-order valence-electron chi connectivity index (χ0n) is 22.7. The molecule has 0 heterocycles. The van der Waals surface area contributed by atoms with Gasteiger partial charge in [0.05, 0.1) is 24.2 Å². The van der Waals surface area contributed by atoms with Crippen LogP contribution in [0.5, 0.6) is 0 Å². The first-order valence-corrected chi connectivity index (χ1v) is 13.1. The first kappa shape index (κ1) is 27.9. The molecule has 3 aliphatic carbocycles. The van der Waals surface area contributed by atoms with E-state index in [4.69, 9.17) is 9.47 Å². The Balaban J connectivity index is 1.52. The molecule has 0 radical (unpaired) electrons. The van der Waals surface area contributed by atoms with Crippen LogP contribution in [0.4, 0.5) is 0 Å². The number of hydrogen-bond donors (Lipinski definition) is 1. The molecule has 0 saturated heterocycles. The summed E-state index contributed by atoms with van der Waals surface area (Å²) < 4.78 is 10.5. The number of nitrogens with zero attached hydrogens (tertiary/aromatic N) is 2. The van der Waals surface area contributed by atoms with E-state index in [-0.39, 0.29) is 11.8 Å². The number of benzene rings is 1. The number of carbonyl (C=O) groups is 1. The molecular formula is C29H46N2O4. The topological polar surface area (TPSA) is 62.2 Å². The van der Waals surface area contributed by atoms with E-state index in [1.807, 2.05) is 14.0 Å². The van der Waals surface area contributed by atoms with E-state index in [0.717, 1.165) is 38.8 Å². The third-order valence-electron chi connectivity index (χ3n) is 8.27. The normalized spacial score (nSPS) is 24.3. The third-order valence-corrected chi connectivity index (χ3v) is 8.27. The Morgan fingerprint density at radius 1 is 1.09 bits per heavy atom. The number of carbonyl (C=O) groups excluding carboxylic acids is 1. The average molecular weight is 487 g/mol. The van der Waals surface area contributed by atoms with Gasteiger partial charge in [0.25, 0.3) is 0 Å². The maximum atomic E-state index is 13.0. The maximum absolute atomic E-state index is 13.0. The third kappa shape index (κ3) is 6.34. The number of ether oxygens (including phenoxy) is 2. The van der Waals surface area contributed by atoms with Gasteiger partial charge in [0.15, 0.2) is 0 Å². The van der Waals surface area contributed by atoms with E-state index in [9.17, 15) is 9.90 Å². The summed E-state index contributed by atoms with van der Waals surface area (Å²) in [6, 6.07) is 10.6. The van der Waals surface area contributed by atoms with Gasteiger partial charge in [0.2, 0.25) is 5.91 Å². The van der Waals surface area contributed by atoms with Crippen molar-refractivity contribution in [3.05, 3.63) is 41.5 Å². The molecule has 0 spiro atoms. The molecule has 3 aliphatic rings. The number of amides is 1. The van der Waals surface area contributed by atoms with Gasteiger partial charge in [-0.1, -0.05) is 35.9 Å². The lowest BCUT2D eigenvalue weighted by Gasteiger charge is -2.51. The van der Waals surface area contributed by atoms with Crippen molar-refractivity contribution in [2.45, 2.75) is 51.6 Å². The molecule has 1 amide bonds. The van der Waals surface area contributed by atoms with Gasteiger partial charge in [0, 0.05) is 40.3 Å². The minimum atomic E-state index is -0.671. The van der Waals surface area contributed by atoms with Crippen LogP contribution >= 0.6 is 0 Å². The number of rotatable bonds is 13. The lowest BCUT2D eigenvalue weighted by molar-refractivity contribution is -0.146. The molecule has 6 nitrogen and oxygen atoms in total. The van der Waals surface area contributed by atoms with Crippen molar-refractivity contribution < 1.29 is 19.4 Å². The molecule has 4 rings (SSSR count). The summed E-state index contributed by atoms with van der Waals surface area (Å²) >= 11 is 0. The van der Waals surface area contributed by atoms with Crippen LogP contribution in [0.25, 0.3) is 5.57 Å². The highest BCUT2D eigenvalue weighted by atomic mass is 16.5.